The Labute approximate surface area is 181 Å². The van der Waals surface area contributed by atoms with E-state index in [4.69, 9.17) is 4.74 Å². The minimum atomic E-state index is -0.533. The van der Waals surface area contributed by atoms with Crippen LogP contribution in [0.5, 0.6) is 5.75 Å². The normalized spacial score (nSPS) is 18.2. The van der Waals surface area contributed by atoms with Crippen LogP contribution < -0.4 is 20.3 Å². The predicted molar refractivity (Wildman–Crippen MR) is 118 cm³/mol. The van der Waals surface area contributed by atoms with Crippen LogP contribution in [-0.4, -0.2) is 54.6 Å². The third-order valence-electron chi connectivity index (χ3n) is 5.47. The zero-order chi connectivity index (χ0) is 22.4. The van der Waals surface area contributed by atoms with Crippen molar-refractivity contribution in [2.24, 2.45) is 5.92 Å². The lowest BCUT2D eigenvalue weighted by molar-refractivity contribution is -0.385. The van der Waals surface area contributed by atoms with Gasteiger partial charge in [-0.05, 0) is 43.7 Å². The minimum Gasteiger partial charge on any atom is -0.490 e. The van der Waals surface area contributed by atoms with Crippen molar-refractivity contribution in [3.8, 4) is 5.75 Å². The summed E-state index contributed by atoms with van der Waals surface area (Å²) >= 11 is 0. The first-order valence-electron chi connectivity index (χ1n) is 10.2. The van der Waals surface area contributed by atoms with Crippen molar-refractivity contribution < 1.29 is 14.5 Å². The number of carbonyl (C=O) groups excluding carboxylic acids is 1. The Morgan fingerprint density at radius 3 is 2.65 bits per heavy atom. The predicted octanol–water partition coefficient (Wildman–Crippen LogP) is 2.86. The molecule has 1 aromatic heterocycles. The number of amides is 1. The smallest absolute Gasteiger partial charge is 0.310 e. The number of nitrogens with one attached hydrogen (secondary N) is 2. The lowest BCUT2D eigenvalue weighted by Crippen LogP contribution is -2.34. The first-order valence-corrected chi connectivity index (χ1v) is 10.2. The molecule has 1 saturated carbocycles. The molecular weight excluding hydrogens is 400 g/mol. The Morgan fingerprint density at radius 1 is 1.26 bits per heavy atom. The molecule has 31 heavy (non-hydrogen) atoms. The van der Waals surface area contributed by atoms with Gasteiger partial charge in [0.15, 0.2) is 5.75 Å². The summed E-state index contributed by atoms with van der Waals surface area (Å²) in [6.07, 6.45) is 5.66. The first kappa shape index (κ1) is 22.3. The molecule has 0 radical (unpaired) electrons. The molecule has 3 rings (SSSR count). The number of ether oxygens (including phenoxy) is 1. The van der Waals surface area contributed by atoms with Crippen molar-refractivity contribution in [2.75, 3.05) is 38.0 Å². The number of rotatable bonds is 8. The molecule has 0 saturated heterocycles. The highest BCUT2D eigenvalue weighted by molar-refractivity contribution is 5.95. The molecule has 0 bridgehead atoms. The maximum absolute atomic E-state index is 12.5. The maximum Gasteiger partial charge on any atom is 0.310 e. The monoisotopic (exact) mass is 428 g/mol. The Kier molecular flexibility index (Phi) is 7.22. The molecule has 10 nitrogen and oxygen atoms in total. The van der Waals surface area contributed by atoms with E-state index in [0.29, 0.717) is 30.0 Å². The van der Waals surface area contributed by atoms with E-state index in [-0.39, 0.29) is 17.3 Å². The SMILES string of the molecule is COc1cc(C(=O)NCC2CCC(Nc3nccc(N(C)C)n3)CC2)ccc1[N+](=O)[O-]. The van der Waals surface area contributed by atoms with Crippen molar-refractivity contribution >= 4 is 23.4 Å². The third kappa shape index (κ3) is 5.80. The summed E-state index contributed by atoms with van der Waals surface area (Å²) in [5.41, 5.74) is 0.181. The van der Waals surface area contributed by atoms with Crippen LogP contribution in [0.2, 0.25) is 0 Å². The summed E-state index contributed by atoms with van der Waals surface area (Å²) in [4.78, 5) is 33.7. The van der Waals surface area contributed by atoms with Crippen LogP contribution in [-0.2, 0) is 0 Å². The molecule has 1 heterocycles. The van der Waals surface area contributed by atoms with Crippen molar-refractivity contribution in [3.63, 3.8) is 0 Å². The van der Waals surface area contributed by atoms with Crippen LogP contribution in [0.15, 0.2) is 30.5 Å². The number of hydrogen-bond donors (Lipinski definition) is 2. The molecule has 1 aliphatic carbocycles. The molecule has 2 aromatic rings. The van der Waals surface area contributed by atoms with Gasteiger partial charge in [-0.25, -0.2) is 4.98 Å². The zero-order valence-corrected chi connectivity index (χ0v) is 18.0. The Hall–Kier alpha value is -3.43. The van der Waals surface area contributed by atoms with Gasteiger partial charge in [-0.1, -0.05) is 0 Å². The summed E-state index contributed by atoms with van der Waals surface area (Å²) in [5, 5.41) is 17.3. The first-order chi connectivity index (χ1) is 14.9. The highest BCUT2D eigenvalue weighted by Gasteiger charge is 2.23. The highest BCUT2D eigenvalue weighted by atomic mass is 16.6. The van der Waals surface area contributed by atoms with Gasteiger partial charge in [0.2, 0.25) is 5.95 Å². The van der Waals surface area contributed by atoms with E-state index in [0.717, 1.165) is 31.5 Å². The number of aromatic nitrogens is 2. The third-order valence-corrected chi connectivity index (χ3v) is 5.47. The summed E-state index contributed by atoms with van der Waals surface area (Å²) in [5.74, 6) is 1.69. The van der Waals surface area contributed by atoms with Gasteiger partial charge in [-0.2, -0.15) is 4.98 Å². The number of hydrogen-bond acceptors (Lipinski definition) is 8. The highest BCUT2D eigenvalue weighted by Crippen LogP contribution is 2.28. The topological polar surface area (TPSA) is 123 Å². The second-order valence-electron chi connectivity index (χ2n) is 7.85. The number of benzene rings is 1. The molecule has 1 fully saturated rings. The second-order valence-corrected chi connectivity index (χ2v) is 7.85. The maximum atomic E-state index is 12.5. The number of nitro groups is 1. The molecule has 0 aliphatic heterocycles. The summed E-state index contributed by atoms with van der Waals surface area (Å²) in [6, 6.07) is 6.31. The summed E-state index contributed by atoms with van der Waals surface area (Å²) < 4.78 is 5.03. The van der Waals surface area contributed by atoms with E-state index in [1.54, 1.807) is 6.20 Å². The van der Waals surface area contributed by atoms with Crippen LogP contribution in [0.4, 0.5) is 17.5 Å². The Balaban J connectivity index is 1.47. The average Bonchev–Trinajstić information content (AvgIpc) is 2.78. The van der Waals surface area contributed by atoms with Gasteiger partial charge in [0.25, 0.3) is 5.91 Å². The van der Waals surface area contributed by atoms with Gasteiger partial charge in [0, 0.05) is 50.6 Å². The molecule has 0 unspecified atom stereocenters. The van der Waals surface area contributed by atoms with E-state index >= 15 is 0 Å². The second kappa shape index (κ2) is 10.1. The fraction of sp³-hybridized carbons (Fsp3) is 0.476. The summed E-state index contributed by atoms with van der Waals surface area (Å²) in [7, 11) is 5.23. The average molecular weight is 428 g/mol. The Bertz CT molecular complexity index is 928. The number of nitrogens with zero attached hydrogens (tertiary/aromatic N) is 4. The van der Waals surface area contributed by atoms with E-state index in [1.807, 2.05) is 25.1 Å². The van der Waals surface area contributed by atoms with Gasteiger partial charge in [-0.15, -0.1) is 0 Å². The van der Waals surface area contributed by atoms with Crippen molar-refractivity contribution in [2.45, 2.75) is 31.7 Å². The number of anilines is 2. The van der Waals surface area contributed by atoms with E-state index in [9.17, 15) is 14.9 Å². The Morgan fingerprint density at radius 2 is 2.00 bits per heavy atom. The van der Waals surface area contributed by atoms with E-state index in [1.165, 1.54) is 25.3 Å². The van der Waals surface area contributed by atoms with Gasteiger partial charge in [-0.3, -0.25) is 14.9 Å². The standard InChI is InChI=1S/C21H28N6O4/c1-26(2)19-10-11-22-21(25-19)24-16-7-4-14(5-8-16)13-23-20(28)15-6-9-17(27(29)30)18(12-15)31-3/h6,9-12,14,16H,4-5,7-8,13H2,1-3H3,(H,23,28)(H,22,24,25). The minimum absolute atomic E-state index is 0.0739. The van der Waals surface area contributed by atoms with Gasteiger partial charge < -0.3 is 20.3 Å². The molecule has 10 heteroatoms. The number of methoxy groups -OCH3 is 1. The fourth-order valence-corrected chi connectivity index (χ4v) is 3.67. The van der Waals surface area contributed by atoms with Crippen LogP contribution in [0.25, 0.3) is 0 Å². The molecule has 1 aliphatic rings. The van der Waals surface area contributed by atoms with Gasteiger partial charge >= 0.3 is 5.69 Å². The van der Waals surface area contributed by atoms with Gasteiger partial charge in [0.05, 0.1) is 12.0 Å². The number of carbonyl (C=O) groups is 1. The summed E-state index contributed by atoms with van der Waals surface area (Å²) in [6.45, 7) is 0.567. The number of nitro benzene ring substituents is 1. The lowest BCUT2D eigenvalue weighted by atomic mass is 9.86. The zero-order valence-electron chi connectivity index (χ0n) is 18.0. The van der Waals surface area contributed by atoms with Gasteiger partial charge in [0.1, 0.15) is 5.82 Å². The molecule has 1 aromatic carbocycles. The van der Waals surface area contributed by atoms with Crippen molar-refractivity contribution in [1.29, 1.82) is 0 Å². The quantitative estimate of drug-likeness (QED) is 0.486. The molecule has 0 atom stereocenters. The fourth-order valence-electron chi connectivity index (χ4n) is 3.67. The van der Waals surface area contributed by atoms with Crippen LogP contribution in [0, 0.1) is 16.0 Å². The molecule has 2 N–H and O–H groups in total. The van der Waals surface area contributed by atoms with Crippen LogP contribution in [0.1, 0.15) is 36.0 Å². The lowest BCUT2D eigenvalue weighted by Gasteiger charge is -2.29. The molecule has 166 valence electrons. The largest absolute Gasteiger partial charge is 0.490 e. The molecule has 1 amide bonds. The molecular formula is C21H28N6O4. The van der Waals surface area contributed by atoms with Crippen LogP contribution >= 0.6 is 0 Å². The van der Waals surface area contributed by atoms with E-state index in [2.05, 4.69) is 20.6 Å². The van der Waals surface area contributed by atoms with Crippen LogP contribution in [0.3, 0.4) is 0 Å². The molecule has 0 spiro atoms. The van der Waals surface area contributed by atoms with Crippen molar-refractivity contribution in [3.05, 3.63) is 46.1 Å². The van der Waals surface area contributed by atoms with E-state index < -0.39 is 4.92 Å². The van der Waals surface area contributed by atoms with Crippen molar-refractivity contribution in [1.82, 2.24) is 15.3 Å².